The number of carbonyl (C=O) groups excluding carboxylic acids is 2. The molecule has 0 unspecified atom stereocenters. The minimum atomic E-state index is -0.533. The van der Waals surface area contributed by atoms with Crippen LogP contribution < -0.4 is 0 Å². The topological polar surface area (TPSA) is 55.7 Å². The predicted molar refractivity (Wildman–Crippen MR) is 149 cm³/mol. The van der Waals surface area contributed by atoms with Crippen LogP contribution in [-0.4, -0.2) is 17.5 Å². The minimum Gasteiger partial charge on any atom is -0.318 e. The van der Waals surface area contributed by atoms with Gasteiger partial charge in [0.05, 0.1) is 4.24 Å². The monoisotopic (exact) mass is 517 g/mol. The zero-order valence-corrected chi connectivity index (χ0v) is 21.8. The van der Waals surface area contributed by atoms with Crippen LogP contribution in [0.1, 0.15) is 49.0 Å². The van der Waals surface area contributed by atoms with Crippen molar-refractivity contribution in [1.29, 1.82) is 0 Å². The van der Waals surface area contributed by atoms with Gasteiger partial charge in [0.15, 0.2) is 0 Å². The zero-order valence-electron chi connectivity index (χ0n) is 19.4. The van der Waals surface area contributed by atoms with Crippen LogP contribution in [0.15, 0.2) is 79.8 Å². The molecule has 35 heavy (non-hydrogen) atoms. The Morgan fingerprint density at radius 1 is 0.943 bits per heavy atom. The van der Waals surface area contributed by atoms with E-state index >= 15 is 0 Å². The van der Waals surface area contributed by atoms with E-state index in [-0.39, 0.29) is 11.5 Å². The Balaban J connectivity index is 1.49. The van der Waals surface area contributed by atoms with Crippen LogP contribution in [-0.2, 0) is 9.63 Å². The second kappa shape index (κ2) is 10.4. The number of Topliss-reactive ketones (excluding diaryl/α,β-unsaturated/α-hetero) is 1. The van der Waals surface area contributed by atoms with Gasteiger partial charge in [0.1, 0.15) is 5.71 Å². The van der Waals surface area contributed by atoms with Gasteiger partial charge in [-0.05, 0) is 66.9 Å². The summed E-state index contributed by atoms with van der Waals surface area (Å²) in [5.74, 6) is -0.731. The molecule has 0 radical (unpaired) electrons. The quantitative estimate of drug-likeness (QED) is 0.106. The number of hydrogen-bond acceptors (Lipinski definition) is 7. The summed E-state index contributed by atoms with van der Waals surface area (Å²) in [6.45, 7) is 3.33. The number of oxime groups is 1. The molecule has 0 amide bonds. The fourth-order valence-corrected chi connectivity index (χ4v) is 7.38. The van der Waals surface area contributed by atoms with E-state index in [9.17, 15) is 9.59 Å². The van der Waals surface area contributed by atoms with Crippen molar-refractivity contribution in [2.75, 3.05) is 0 Å². The third-order valence-electron chi connectivity index (χ3n) is 5.62. The van der Waals surface area contributed by atoms with Crippen molar-refractivity contribution in [1.82, 2.24) is 0 Å². The van der Waals surface area contributed by atoms with Gasteiger partial charge in [0.2, 0.25) is 5.78 Å². The maximum Gasteiger partial charge on any atom is 0.331 e. The highest BCUT2D eigenvalue weighted by Crippen LogP contribution is 2.51. The lowest BCUT2D eigenvalue weighted by atomic mass is 10.0. The lowest BCUT2D eigenvalue weighted by molar-refractivity contribution is -0.140. The van der Waals surface area contributed by atoms with Crippen molar-refractivity contribution in [3.05, 3.63) is 76.0 Å². The van der Waals surface area contributed by atoms with Gasteiger partial charge in [-0.15, -0.1) is 11.3 Å². The molecule has 0 saturated heterocycles. The number of thioether (sulfide) groups is 2. The molecule has 2 heterocycles. The Hall–Kier alpha value is -2.87. The molecule has 1 aliphatic rings. The van der Waals surface area contributed by atoms with E-state index in [4.69, 9.17) is 4.84 Å². The number of nitrogens with zero attached hydrogens (tertiary/aromatic N) is 1. The van der Waals surface area contributed by atoms with Crippen LogP contribution in [0.2, 0.25) is 0 Å². The Morgan fingerprint density at radius 2 is 1.63 bits per heavy atom. The van der Waals surface area contributed by atoms with Crippen LogP contribution in [0, 0.1) is 0 Å². The highest BCUT2D eigenvalue weighted by atomic mass is 32.2. The molecule has 176 valence electrons. The molecular weight excluding hydrogens is 495 g/mol. The summed E-state index contributed by atoms with van der Waals surface area (Å²) in [5, 5.41) is 6.04. The van der Waals surface area contributed by atoms with E-state index < -0.39 is 5.97 Å². The fourth-order valence-electron chi connectivity index (χ4n) is 3.91. The van der Waals surface area contributed by atoms with Gasteiger partial charge >= 0.3 is 5.97 Å². The molecule has 0 aliphatic carbocycles. The van der Waals surface area contributed by atoms with Crippen molar-refractivity contribution < 1.29 is 14.4 Å². The second-order valence-corrected chi connectivity index (χ2v) is 11.7. The molecule has 5 rings (SSSR count). The zero-order chi connectivity index (χ0) is 24.4. The summed E-state index contributed by atoms with van der Waals surface area (Å²) in [6.07, 6.45) is 4.41. The smallest absolute Gasteiger partial charge is 0.318 e. The first-order chi connectivity index (χ1) is 17.0. The van der Waals surface area contributed by atoms with E-state index in [2.05, 4.69) is 53.7 Å². The van der Waals surface area contributed by atoms with Crippen molar-refractivity contribution in [3.63, 3.8) is 0 Å². The highest BCUT2D eigenvalue weighted by Gasteiger charge is 2.18. The Bertz CT molecular complexity index is 1490. The van der Waals surface area contributed by atoms with Crippen molar-refractivity contribution in [3.8, 4) is 0 Å². The molecule has 1 aromatic heterocycles. The Morgan fingerprint density at radius 3 is 2.31 bits per heavy atom. The van der Waals surface area contributed by atoms with Crippen LogP contribution in [0.5, 0.6) is 0 Å². The minimum absolute atomic E-state index is 0.198. The molecule has 0 fully saturated rings. The predicted octanol–water partition coefficient (Wildman–Crippen LogP) is 8.54. The molecule has 0 saturated carbocycles. The lowest BCUT2D eigenvalue weighted by Gasteiger charge is -2.05. The van der Waals surface area contributed by atoms with Crippen molar-refractivity contribution >= 4 is 78.6 Å². The van der Waals surface area contributed by atoms with Gasteiger partial charge in [0, 0.05) is 42.5 Å². The maximum atomic E-state index is 13.2. The van der Waals surface area contributed by atoms with Crippen LogP contribution in [0.4, 0.5) is 0 Å². The summed E-state index contributed by atoms with van der Waals surface area (Å²) in [4.78, 5) is 31.9. The van der Waals surface area contributed by atoms with E-state index in [0.717, 1.165) is 33.9 Å². The molecule has 0 atom stereocenters. The van der Waals surface area contributed by atoms with E-state index in [0.29, 0.717) is 12.0 Å². The third kappa shape index (κ3) is 5.22. The number of unbranched alkanes of at least 4 members (excludes halogenated alkanes) is 1. The SMILES string of the molecule is CCCCC(=NOC(C)=O)C(=O)c1ccc2sc3ccc(C=C4Sc5ccccc5S4)cc3c2c1. The number of carbonyl (C=O) groups is 2. The number of ketones is 1. The third-order valence-corrected chi connectivity index (χ3v) is 9.19. The van der Waals surface area contributed by atoms with Crippen LogP contribution >= 0.6 is 34.9 Å². The van der Waals surface area contributed by atoms with Crippen molar-refractivity contribution in [2.24, 2.45) is 5.16 Å². The number of hydrogen-bond donors (Lipinski definition) is 0. The van der Waals surface area contributed by atoms with E-state index in [1.807, 2.05) is 25.1 Å². The number of rotatable bonds is 7. The summed E-state index contributed by atoms with van der Waals surface area (Å²) in [5.41, 5.74) is 1.97. The first-order valence-electron chi connectivity index (χ1n) is 11.4. The molecule has 7 heteroatoms. The molecule has 4 aromatic rings. The lowest BCUT2D eigenvalue weighted by Crippen LogP contribution is -2.15. The summed E-state index contributed by atoms with van der Waals surface area (Å²) >= 11 is 5.31. The molecule has 3 aromatic carbocycles. The van der Waals surface area contributed by atoms with Crippen LogP contribution in [0.3, 0.4) is 0 Å². The highest BCUT2D eigenvalue weighted by molar-refractivity contribution is 8.24. The largest absolute Gasteiger partial charge is 0.331 e. The molecular formula is C28H23NO3S3. The van der Waals surface area contributed by atoms with Gasteiger partial charge in [-0.2, -0.15) is 0 Å². The summed E-state index contributed by atoms with van der Waals surface area (Å²) < 4.78 is 3.56. The molecule has 4 nitrogen and oxygen atoms in total. The first-order valence-corrected chi connectivity index (χ1v) is 13.9. The number of fused-ring (bicyclic) bond motifs is 4. The summed E-state index contributed by atoms with van der Waals surface area (Å²) in [7, 11) is 0. The van der Waals surface area contributed by atoms with E-state index in [1.54, 1.807) is 34.9 Å². The first kappa shape index (κ1) is 23.9. The Labute approximate surface area is 216 Å². The Kier molecular flexibility index (Phi) is 7.09. The number of benzene rings is 3. The molecule has 1 aliphatic heterocycles. The maximum absolute atomic E-state index is 13.2. The van der Waals surface area contributed by atoms with Gasteiger partial charge in [-0.25, -0.2) is 4.79 Å². The average molecular weight is 518 g/mol. The standard InChI is InChI=1S/C28H23NO3S3/c1-3-4-7-22(29-32-17(2)30)28(31)19-11-13-24-21(16-19)20-14-18(10-12-23(20)33-24)15-27-34-25-8-5-6-9-26(25)35-27/h5-6,8-16H,3-4,7H2,1-2H3. The van der Waals surface area contributed by atoms with Crippen molar-refractivity contribution in [2.45, 2.75) is 42.9 Å². The fraction of sp³-hybridized carbons (Fsp3) is 0.179. The van der Waals surface area contributed by atoms with E-state index in [1.165, 1.54) is 25.7 Å². The summed E-state index contributed by atoms with van der Waals surface area (Å²) in [6, 6.07) is 20.7. The molecule has 0 N–H and O–H groups in total. The normalized spacial score (nSPS) is 13.3. The average Bonchev–Trinajstić information content (AvgIpc) is 3.43. The van der Waals surface area contributed by atoms with Gasteiger partial charge < -0.3 is 4.84 Å². The molecule has 0 spiro atoms. The second-order valence-electron chi connectivity index (χ2n) is 8.24. The van der Waals surface area contributed by atoms with Gasteiger partial charge in [-0.1, -0.05) is 60.2 Å². The van der Waals surface area contributed by atoms with Crippen LogP contribution in [0.25, 0.3) is 26.2 Å². The number of thiophene rings is 1. The van der Waals surface area contributed by atoms with Gasteiger partial charge in [0.25, 0.3) is 0 Å². The van der Waals surface area contributed by atoms with Gasteiger partial charge in [-0.3, -0.25) is 4.79 Å². The molecule has 0 bridgehead atoms.